The molecular formula is C39H24N12. The maximum atomic E-state index is 5.37. The minimum Gasteiger partial charge on any atom is -0.255 e. The fraction of sp³-hybridized carbons (Fsp3) is 0. The molecule has 10 heterocycles. The molecule has 0 fully saturated rings. The summed E-state index contributed by atoms with van der Waals surface area (Å²) in [6.45, 7) is 0. The topological polar surface area (TPSA) is 129 Å². The third-order valence-corrected chi connectivity index (χ3v) is 8.62. The Hall–Kier alpha value is -7.47. The van der Waals surface area contributed by atoms with E-state index in [2.05, 4.69) is 0 Å². The van der Waals surface area contributed by atoms with Gasteiger partial charge in [0.05, 0.1) is 34.2 Å². The standard InChI is InChI=1S/C39H24N12/c1-7-19-40-25(13-1)31-34(28-16-4-10-22-43-28)49-37(46-31)50-35(29-17-5-11-23-44-29)32(26-14-2-8-20-41-26)48-39(50)51-36(30-18-6-12-24-45-30)33(47-38(49)51)27-15-3-9-21-42-27/h1-24H. The second-order valence-corrected chi connectivity index (χ2v) is 11.6. The molecule has 0 aliphatic heterocycles. The molecule has 0 unspecified atom stereocenters. The first kappa shape index (κ1) is 28.5. The predicted octanol–water partition coefficient (Wildman–Crippen LogP) is 7.00. The Morgan fingerprint density at radius 3 is 0.725 bits per heavy atom. The summed E-state index contributed by atoms with van der Waals surface area (Å²) in [7, 11) is 0. The molecule has 0 N–H and O–H groups in total. The van der Waals surface area contributed by atoms with Crippen molar-refractivity contribution in [3.8, 4) is 68.3 Å². The van der Waals surface area contributed by atoms with Gasteiger partial charge in [0.25, 0.3) is 0 Å². The fourth-order valence-electron chi connectivity index (χ4n) is 6.51. The van der Waals surface area contributed by atoms with Crippen molar-refractivity contribution in [2.75, 3.05) is 0 Å². The van der Waals surface area contributed by atoms with Crippen molar-refractivity contribution in [1.29, 1.82) is 0 Å². The zero-order valence-corrected chi connectivity index (χ0v) is 26.7. The van der Waals surface area contributed by atoms with E-state index in [1.165, 1.54) is 0 Å². The Morgan fingerprint density at radius 2 is 0.510 bits per heavy atom. The van der Waals surface area contributed by atoms with Crippen LogP contribution in [0.5, 0.6) is 0 Å². The lowest BCUT2D eigenvalue weighted by Crippen LogP contribution is -2.07. The third kappa shape index (κ3) is 4.51. The van der Waals surface area contributed by atoms with Crippen LogP contribution in [0.4, 0.5) is 0 Å². The minimum atomic E-state index is 0.541. The first-order valence-corrected chi connectivity index (χ1v) is 16.2. The molecule has 0 aliphatic rings. The number of fused-ring (bicyclic) bond motifs is 6. The zero-order chi connectivity index (χ0) is 33.7. The average Bonchev–Trinajstić information content (AvgIpc) is 3.92. The largest absolute Gasteiger partial charge is 0.255 e. The molecule has 0 atom stereocenters. The number of imidazole rings is 3. The van der Waals surface area contributed by atoms with Gasteiger partial charge in [0.15, 0.2) is 0 Å². The summed E-state index contributed by atoms with van der Waals surface area (Å²) in [4.78, 5) is 44.8. The van der Waals surface area contributed by atoms with Crippen LogP contribution < -0.4 is 0 Å². The number of hydrogen-bond donors (Lipinski definition) is 0. The molecule has 240 valence electrons. The molecule has 10 aromatic rings. The first-order chi connectivity index (χ1) is 25.3. The Morgan fingerprint density at radius 1 is 0.275 bits per heavy atom. The molecule has 12 heteroatoms. The number of aromatic nitrogens is 12. The smallest absolute Gasteiger partial charge is 0.225 e. The molecule has 12 nitrogen and oxygen atoms in total. The van der Waals surface area contributed by atoms with Gasteiger partial charge in [-0.05, 0) is 72.8 Å². The van der Waals surface area contributed by atoms with Gasteiger partial charge in [0.1, 0.15) is 34.2 Å². The van der Waals surface area contributed by atoms with Crippen LogP contribution in [0.15, 0.2) is 146 Å². The van der Waals surface area contributed by atoms with Gasteiger partial charge in [-0.3, -0.25) is 29.9 Å². The normalized spacial score (nSPS) is 11.5. The van der Waals surface area contributed by atoms with E-state index in [0.717, 1.165) is 0 Å². The Balaban J connectivity index is 1.50. The minimum absolute atomic E-state index is 0.541. The van der Waals surface area contributed by atoms with Crippen LogP contribution in [0.3, 0.4) is 0 Å². The van der Waals surface area contributed by atoms with Crippen LogP contribution in [-0.4, -0.2) is 58.1 Å². The van der Waals surface area contributed by atoms with Gasteiger partial charge in [0, 0.05) is 37.2 Å². The monoisotopic (exact) mass is 660 g/mol. The van der Waals surface area contributed by atoms with Gasteiger partial charge in [0.2, 0.25) is 17.3 Å². The van der Waals surface area contributed by atoms with Gasteiger partial charge in [-0.2, -0.15) is 0 Å². The van der Waals surface area contributed by atoms with Gasteiger partial charge in [-0.25, -0.2) is 28.2 Å². The van der Waals surface area contributed by atoms with E-state index in [1.54, 1.807) is 37.2 Å². The lowest BCUT2D eigenvalue weighted by Gasteiger charge is -2.10. The van der Waals surface area contributed by atoms with E-state index in [1.807, 2.05) is 122 Å². The molecule has 0 saturated carbocycles. The summed E-state index contributed by atoms with van der Waals surface area (Å²) in [6, 6.07) is 34.8. The summed E-state index contributed by atoms with van der Waals surface area (Å²) in [5.41, 5.74) is 8.14. The lowest BCUT2D eigenvalue weighted by atomic mass is 10.1. The molecule has 10 rings (SSSR count). The highest BCUT2D eigenvalue weighted by Gasteiger charge is 2.31. The maximum absolute atomic E-state index is 5.37. The maximum Gasteiger partial charge on any atom is 0.225 e. The molecule has 51 heavy (non-hydrogen) atoms. The second kappa shape index (κ2) is 11.6. The quantitative estimate of drug-likeness (QED) is 0.185. The number of rotatable bonds is 6. The summed E-state index contributed by atoms with van der Waals surface area (Å²) < 4.78 is 6.07. The van der Waals surface area contributed by atoms with Crippen LogP contribution in [-0.2, 0) is 0 Å². The van der Waals surface area contributed by atoms with Crippen molar-refractivity contribution in [3.63, 3.8) is 0 Å². The van der Waals surface area contributed by atoms with Gasteiger partial charge in [-0.15, -0.1) is 0 Å². The Bertz CT molecular complexity index is 2470. The van der Waals surface area contributed by atoms with Crippen LogP contribution in [0, 0.1) is 0 Å². The van der Waals surface area contributed by atoms with Crippen molar-refractivity contribution >= 4 is 17.3 Å². The van der Waals surface area contributed by atoms with Crippen LogP contribution in [0.25, 0.3) is 85.7 Å². The highest BCUT2D eigenvalue weighted by molar-refractivity contribution is 5.88. The van der Waals surface area contributed by atoms with E-state index < -0.39 is 0 Å². The average molecular weight is 661 g/mol. The van der Waals surface area contributed by atoms with Crippen LogP contribution >= 0.6 is 0 Å². The molecule has 10 aromatic heterocycles. The molecule has 0 bridgehead atoms. The number of hydrogen-bond acceptors (Lipinski definition) is 9. The molecule has 0 amide bonds. The zero-order valence-electron chi connectivity index (χ0n) is 26.7. The summed E-state index contributed by atoms with van der Waals surface area (Å²) in [5, 5.41) is 0. The highest BCUT2D eigenvalue weighted by Crippen LogP contribution is 2.40. The lowest BCUT2D eigenvalue weighted by molar-refractivity contribution is 0.979. The molecule has 0 saturated heterocycles. The van der Waals surface area contributed by atoms with Crippen molar-refractivity contribution in [2.24, 2.45) is 0 Å². The van der Waals surface area contributed by atoms with Crippen molar-refractivity contribution < 1.29 is 0 Å². The fourth-order valence-corrected chi connectivity index (χ4v) is 6.51. The Labute approximate surface area is 289 Å². The summed E-state index contributed by atoms with van der Waals surface area (Å²) in [6.07, 6.45) is 10.6. The van der Waals surface area contributed by atoms with Gasteiger partial charge >= 0.3 is 0 Å². The highest BCUT2D eigenvalue weighted by atomic mass is 15.3. The second-order valence-electron chi connectivity index (χ2n) is 11.6. The molecular weight excluding hydrogens is 637 g/mol. The molecule has 0 aromatic carbocycles. The molecule has 0 spiro atoms. The van der Waals surface area contributed by atoms with Crippen molar-refractivity contribution in [1.82, 2.24) is 58.1 Å². The summed E-state index contributed by atoms with van der Waals surface area (Å²) >= 11 is 0. The van der Waals surface area contributed by atoms with Crippen molar-refractivity contribution in [3.05, 3.63) is 146 Å². The number of pyridine rings is 6. The SMILES string of the molecule is c1ccc(-c2nc3n(c2-c2ccccn2)c2nc(-c4ccccn4)c(-c4ccccn4)n2c2nc(-c4ccccn4)c(-c4ccccn4)n32)nc1. The summed E-state index contributed by atoms with van der Waals surface area (Å²) in [5.74, 6) is 1.62. The first-order valence-electron chi connectivity index (χ1n) is 16.2. The van der Waals surface area contributed by atoms with Gasteiger partial charge in [-0.1, -0.05) is 36.4 Å². The van der Waals surface area contributed by atoms with E-state index in [0.29, 0.717) is 85.7 Å². The van der Waals surface area contributed by atoms with Crippen LogP contribution in [0.2, 0.25) is 0 Å². The third-order valence-electron chi connectivity index (χ3n) is 8.62. The van der Waals surface area contributed by atoms with E-state index in [-0.39, 0.29) is 0 Å². The molecule has 0 radical (unpaired) electrons. The molecule has 0 aliphatic carbocycles. The predicted molar refractivity (Wildman–Crippen MR) is 192 cm³/mol. The van der Waals surface area contributed by atoms with E-state index >= 15 is 0 Å². The van der Waals surface area contributed by atoms with Crippen LogP contribution in [0.1, 0.15) is 0 Å². The van der Waals surface area contributed by atoms with Crippen molar-refractivity contribution in [2.45, 2.75) is 0 Å². The number of nitrogens with zero attached hydrogens (tertiary/aromatic N) is 12. The van der Waals surface area contributed by atoms with E-state index in [9.17, 15) is 0 Å². The van der Waals surface area contributed by atoms with Gasteiger partial charge < -0.3 is 0 Å². The Kier molecular flexibility index (Phi) is 6.49. The van der Waals surface area contributed by atoms with E-state index in [4.69, 9.17) is 44.9 Å².